The average Bonchev–Trinajstić information content (AvgIpc) is 2.36. The van der Waals surface area contributed by atoms with Crippen molar-refractivity contribution in [1.82, 2.24) is 9.55 Å². The number of allylic oxidation sites excluding steroid dienone is 2. The molecule has 0 fully saturated rings. The van der Waals surface area contributed by atoms with Crippen LogP contribution in [0.25, 0.3) is 6.20 Å². The third-order valence-electron chi connectivity index (χ3n) is 2.13. The molecule has 14 heavy (non-hydrogen) atoms. The van der Waals surface area contributed by atoms with Gasteiger partial charge >= 0.3 is 6.01 Å². The quantitative estimate of drug-likeness (QED) is 0.628. The molecule has 0 saturated carbocycles. The van der Waals surface area contributed by atoms with Crippen molar-refractivity contribution < 1.29 is 4.74 Å². The highest BCUT2D eigenvalue weighted by atomic mass is 16.5. The smallest absolute Gasteiger partial charge is 0.305 e. The summed E-state index contributed by atoms with van der Waals surface area (Å²) < 4.78 is 7.31. The number of imidazole rings is 1. The molecule has 1 aliphatic rings. The Morgan fingerprint density at radius 3 is 2.79 bits per heavy atom. The molecule has 2 heterocycles. The number of hydrogen-bond donors (Lipinski definition) is 0. The number of hydrogen-bond acceptors (Lipinski definition) is 2. The van der Waals surface area contributed by atoms with Gasteiger partial charge in [0.25, 0.3) is 0 Å². The second kappa shape index (κ2) is 3.01. The summed E-state index contributed by atoms with van der Waals surface area (Å²) in [5.74, 6) is 0. The maximum atomic E-state index is 5.33. The van der Waals surface area contributed by atoms with Gasteiger partial charge in [-0.2, -0.15) is 0 Å². The monoisotopic (exact) mass is 190 g/mol. The Balaban J connectivity index is 2.52. The Hall–Kier alpha value is -1.51. The maximum absolute atomic E-state index is 5.33. The van der Waals surface area contributed by atoms with Gasteiger partial charge in [-0.25, -0.2) is 4.98 Å². The highest BCUT2D eigenvalue weighted by Gasteiger charge is 2.21. The largest absolute Gasteiger partial charge is 0.433 e. The van der Waals surface area contributed by atoms with E-state index in [1.807, 2.05) is 29.1 Å². The Morgan fingerprint density at radius 2 is 2.07 bits per heavy atom. The molecule has 2 rings (SSSR count). The molecule has 1 aromatic heterocycles. The number of aromatic nitrogens is 2. The van der Waals surface area contributed by atoms with Crippen LogP contribution in [0.15, 0.2) is 24.6 Å². The lowest BCUT2D eigenvalue weighted by Gasteiger charge is -2.18. The van der Waals surface area contributed by atoms with Crippen LogP contribution in [0.1, 0.15) is 26.5 Å². The van der Waals surface area contributed by atoms with Crippen LogP contribution >= 0.6 is 0 Å². The van der Waals surface area contributed by atoms with E-state index in [1.165, 1.54) is 0 Å². The number of rotatable bonds is 0. The Bertz CT molecular complexity index is 394. The van der Waals surface area contributed by atoms with E-state index in [0.717, 1.165) is 5.69 Å². The zero-order chi connectivity index (χ0) is 10.2. The van der Waals surface area contributed by atoms with Gasteiger partial charge in [-0.1, -0.05) is 20.8 Å². The summed E-state index contributed by atoms with van der Waals surface area (Å²) in [6, 6.07) is 0.625. The second-order valence-electron chi connectivity index (χ2n) is 4.33. The van der Waals surface area contributed by atoms with Gasteiger partial charge in [-0.15, -0.1) is 0 Å². The van der Waals surface area contributed by atoms with Crippen LogP contribution in [-0.2, 0) is 5.41 Å². The molecule has 3 heteroatoms. The number of ether oxygens (including phenoxy) is 1. The van der Waals surface area contributed by atoms with Crippen molar-refractivity contribution in [2.24, 2.45) is 0 Å². The fourth-order valence-corrected chi connectivity index (χ4v) is 1.41. The minimum absolute atomic E-state index is 0.0727. The van der Waals surface area contributed by atoms with E-state index in [2.05, 4.69) is 25.8 Å². The van der Waals surface area contributed by atoms with Crippen LogP contribution in [0.4, 0.5) is 0 Å². The van der Waals surface area contributed by atoms with E-state index in [0.29, 0.717) is 6.01 Å². The molecule has 0 saturated heterocycles. The molecule has 0 N–H and O–H groups in total. The molecule has 1 aliphatic heterocycles. The number of nitrogens with zero attached hydrogens (tertiary/aromatic N) is 2. The molecule has 0 aromatic carbocycles. The zero-order valence-corrected chi connectivity index (χ0v) is 8.69. The lowest BCUT2D eigenvalue weighted by atomic mass is 9.93. The standard InChI is InChI=1S/C11H14N2O/c1-11(2,3)9-8-12-10-13(9)6-4-5-7-14-10/h4-8H,1-3H3. The third kappa shape index (κ3) is 1.45. The summed E-state index contributed by atoms with van der Waals surface area (Å²) in [5, 5.41) is 0. The van der Waals surface area contributed by atoms with Gasteiger partial charge in [0.2, 0.25) is 0 Å². The fraction of sp³-hybridized carbons (Fsp3) is 0.364. The van der Waals surface area contributed by atoms with Crippen molar-refractivity contribution in [1.29, 1.82) is 0 Å². The van der Waals surface area contributed by atoms with Crippen molar-refractivity contribution in [3.05, 3.63) is 30.3 Å². The summed E-state index contributed by atoms with van der Waals surface area (Å²) in [4.78, 5) is 4.22. The normalized spacial score (nSPS) is 14.8. The first-order chi connectivity index (χ1) is 6.59. The molecule has 74 valence electrons. The molecular formula is C11H14N2O. The van der Waals surface area contributed by atoms with Gasteiger partial charge in [0.05, 0.1) is 18.2 Å². The summed E-state index contributed by atoms with van der Waals surface area (Å²) >= 11 is 0. The van der Waals surface area contributed by atoms with E-state index in [-0.39, 0.29) is 5.41 Å². The van der Waals surface area contributed by atoms with Gasteiger partial charge in [0.1, 0.15) is 0 Å². The fourth-order valence-electron chi connectivity index (χ4n) is 1.41. The van der Waals surface area contributed by atoms with Crippen LogP contribution in [0.2, 0.25) is 0 Å². The van der Waals surface area contributed by atoms with E-state index in [1.54, 1.807) is 6.26 Å². The van der Waals surface area contributed by atoms with Gasteiger partial charge in [-0.05, 0) is 12.2 Å². The lowest BCUT2D eigenvalue weighted by Crippen LogP contribution is -2.15. The van der Waals surface area contributed by atoms with Gasteiger partial charge in [0, 0.05) is 11.6 Å². The Kier molecular flexibility index (Phi) is 1.95. The first-order valence-corrected chi connectivity index (χ1v) is 4.67. The molecule has 0 bridgehead atoms. The first kappa shape index (κ1) is 9.06. The predicted molar refractivity (Wildman–Crippen MR) is 56.0 cm³/mol. The summed E-state index contributed by atoms with van der Waals surface area (Å²) in [7, 11) is 0. The number of fused-ring (bicyclic) bond motifs is 1. The van der Waals surface area contributed by atoms with Gasteiger partial charge in [-0.3, -0.25) is 4.57 Å². The van der Waals surface area contributed by atoms with Crippen molar-refractivity contribution in [2.75, 3.05) is 0 Å². The van der Waals surface area contributed by atoms with Crippen LogP contribution in [-0.4, -0.2) is 9.55 Å². The molecule has 0 spiro atoms. The maximum Gasteiger partial charge on any atom is 0.305 e. The third-order valence-corrected chi connectivity index (χ3v) is 2.13. The minimum atomic E-state index is 0.0727. The molecule has 0 unspecified atom stereocenters. The summed E-state index contributed by atoms with van der Waals surface area (Å²) in [5.41, 5.74) is 1.22. The molecular weight excluding hydrogens is 176 g/mol. The summed E-state index contributed by atoms with van der Waals surface area (Å²) in [6.45, 7) is 6.47. The Morgan fingerprint density at radius 1 is 1.29 bits per heavy atom. The van der Waals surface area contributed by atoms with Crippen LogP contribution < -0.4 is 4.74 Å². The molecule has 0 radical (unpaired) electrons. The zero-order valence-electron chi connectivity index (χ0n) is 8.69. The molecule has 0 amide bonds. The van der Waals surface area contributed by atoms with Crippen molar-refractivity contribution >= 4 is 6.20 Å². The van der Waals surface area contributed by atoms with Crippen LogP contribution in [0.5, 0.6) is 6.01 Å². The van der Waals surface area contributed by atoms with Crippen molar-refractivity contribution in [3.8, 4) is 6.01 Å². The topological polar surface area (TPSA) is 27.1 Å². The predicted octanol–water partition coefficient (Wildman–Crippen LogP) is 2.56. The van der Waals surface area contributed by atoms with E-state index in [4.69, 9.17) is 4.74 Å². The summed E-state index contributed by atoms with van der Waals surface area (Å²) in [6.07, 6.45) is 9.24. The first-order valence-electron chi connectivity index (χ1n) is 4.67. The molecule has 0 atom stereocenters. The average molecular weight is 190 g/mol. The van der Waals surface area contributed by atoms with E-state index >= 15 is 0 Å². The molecule has 0 aliphatic carbocycles. The second-order valence-corrected chi connectivity index (χ2v) is 4.33. The van der Waals surface area contributed by atoms with Gasteiger partial charge < -0.3 is 4.74 Å². The van der Waals surface area contributed by atoms with Crippen LogP contribution in [0, 0.1) is 0 Å². The SMILES string of the molecule is CC(C)(C)c1cnc2n1C=CC=CO2. The highest BCUT2D eigenvalue weighted by molar-refractivity contribution is 5.38. The van der Waals surface area contributed by atoms with E-state index in [9.17, 15) is 0 Å². The molecule has 1 aromatic rings. The van der Waals surface area contributed by atoms with Crippen molar-refractivity contribution in [3.63, 3.8) is 0 Å². The highest BCUT2D eigenvalue weighted by Crippen LogP contribution is 2.27. The lowest BCUT2D eigenvalue weighted by molar-refractivity contribution is 0.431. The molecule has 3 nitrogen and oxygen atoms in total. The Labute approximate surface area is 83.7 Å². The van der Waals surface area contributed by atoms with Crippen LogP contribution in [0.3, 0.4) is 0 Å². The van der Waals surface area contributed by atoms with Gasteiger partial charge in [0.15, 0.2) is 0 Å². The van der Waals surface area contributed by atoms with Crippen molar-refractivity contribution in [2.45, 2.75) is 26.2 Å². The minimum Gasteiger partial charge on any atom is -0.433 e. The van der Waals surface area contributed by atoms with E-state index < -0.39 is 0 Å².